The molecule has 3 N–H and O–H groups in total. The van der Waals surface area contributed by atoms with Crippen molar-refractivity contribution < 1.29 is 19.4 Å². The number of aliphatic carboxylic acids is 1. The summed E-state index contributed by atoms with van der Waals surface area (Å²) in [7, 11) is 0. The van der Waals surface area contributed by atoms with E-state index in [-0.39, 0.29) is 25.0 Å². The van der Waals surface area contributed by atoms with Crippen LogP contribution in [-0.2, 0) is 9.59 Å². The zero-order valence-corrected chi connectivity index (χ0v) is 18.8. The number of carbonyl (C=O) groups is 2. The first-order chi connectivity index (χ1) is 16.6. The van der Waals surface area contributed by atoms with Crippen LogP contribution < -0.4 is 20.3 Å². The quantitative estimate of drug-likeness (QED) is 0.366. The third-order valence-electron chi connectivity index (χ3n) is 5.60. The van der Waals surface area contributed by atoms with Gasteiger partial charge in [0.2, 0.25) is 0 Å². The second-order valence-electron chi connectivity index (χ2n) is 8.07. The molecule has 34 heavy (non-hydrogen) atoms. The highest BCUT2D eigenvalue weighted by atomic mass is 16.5. The lowest BCUT2D eigenvalue weighted by Crippen LogP contribution is -2.39. The molecule has 0 radical (unpaired) electrons. The minimum atomic E-state index is -0.884. The Bertz CT molecular complexity index is 1110. The average molecular weight is 461 g/mol. The number of hydrogen-bond donors (Lipinski definition) is 3. The number of rotatable bonds is 11. The molecule has 2 aromatic carbocycles. The number of carboxylic acids is 1. The number of nitrogens with zero attached hydrogens (tertiary/aromatic N) is 2. The number of unbranched alkanes of at least 4 members (excludes halogenated alkanes) is 1. The SMILES string of the molecule is O=C(O)CC(Nc1ccc2c(c1)OCC(=O)N2CCCCNc1ccccn1)c1ccccc1. The molecule has 3 aromatic rings. The van der Waals surface area contributed by atoms with Gasteiger partial charge in [-0.3, -0.25) is 9.59 Å². The zero-order chi connectivity index (χ0) is 23.8. The van der Waals surface area contributed by atoms with Crippen LogP contribution >= 0.6 is 0 Å². The Morgan fingerprint density at radius 3 is 2.68 bits per heavy atom. The summed E-state index contributed by atoms with van der Waals surface area (Å²) >= 11 is 0. The molecule has 0 aliphatic carbocycles. The number of benzene rings is 2. The van der Waals surface area contributed by atoms with E-state index in [4.69, 9.17) is 4.74 Å². The third kappa shape index (κ3) is 6.04. The van der Waals surface area contributed by atoms with Crippen molar-refractivity contribution >= 4 is 29.1 Å². The molecule has 1 aliphatic heterocycles. The van der Waals surface area contributed by atoms with Crippen molar-refractivity contribution in [2.75, 3.05) is 35.2 Å². The smallest absolute Gasteiger partial charge is 0.305 e. The minimum Gasteiger partial charge on any atom is -0.481 e. The van der Waals surface area contributed by atoms with Crippen molar-refractivity contribution in [2.45, 2.75) is 25.3 Å². The van der Waals surface area contributed by atoms with Crippen LogP contribution in [-0.4, -0.2) is 41.7 Å². The van der Waals surface area contributed by atoms with E-state index < -0.39 is 5.97 Å². The summed E-state index contributed by atoms with van der Waals surface area (Å²) in [6, 6.07) is 20.4. The molecule has 0 fully saturated rings. The normalized spacial score (nSPS) is 13.5. The summed E-state index contributed by atoms with van der Waals surface area (Å²) < 4.78 is 5.69. The lowest BCUT2D eigenvalue weighted by molar-refractivity contribution is -0.137. The molecule has 2 heterocycles. The van der Waals surface area contributed by atoms with Gasteiger partial charge in [0.25, 0.3) is 5.91 Å². The van der Waals surface area contributed by atoms with Gasteiger partial charge in [0.15, 0.2) is 6.61 Å². The van der Waals surface area contributed by atoms with E-state index in [0.29, 0.717) is 12.3 Å². The predicted molar refractivity (Wildman–Crippen MR) is 131 cm³/mol. The molecule has 1 unspecified atom stereocenters. The summed E-state index contributed by atoms with van der Waals surface area (Å²) in [6.07, 6.45) is 3.42. The summed E-state index contributed by atoms with van der Waals surface area (Å²) in [5.74, 6) is 0.495. The Morgan fingerprint density at radius 2 is 1.91 bits per heavy atom. The van der Waals surface area contributed by atoms with Crippen LogP contribution in [0.5, 0.6) is 5.75 Å². The van der Waals surface area contributed by atoms with Gasteiger partial charge < -0.3 is 25.4 Å². The van der Waals surface area contributed by atoms with Gasteiger partial charge in [-0.15, -0.1) is 0 Å². The first-order valence-electron chi connectivity index (χ1n) is 11.4. The molecule has 1 atom stereocenters. The molecule has 0 bridgehead atoms. The van der Waals surface area contributed by atoms with Crippen molar-refractivity contribution in [1.82, 2.24) is 4.98 Å². The summed E-state index contributed by atoms with van der Waals surface area (Å²) in [5.41, 5.74) is 2.36. The second-order valence-corrected chi connectivity index (χ2v) is 8.07. The van der Waals surface area contributed by atoms with E-state index in [1.54, 1.807) is 11.1 Å². The van der Waals surface area contributed by atoms with Crippen LogP contribution in [0.25, 0.3) is 0 Å². The van der Waals surface area contributed by atoms with Crippen LogP contribution in [0.1, 0.15) is 30.9 Å². The van der Waals surface area contributed by atoms with Gasteiger partial charge in [0.05, 0.1) is 18.2 Å². The number of fused-ring (bicyclic) bond motifs is 1. The minimum absolute atomic E-state index is 0.0140. The van der Waals surface area contributed by atoms with Crippen LogP contribution in [0.2, 0.25) is 0 Å². The monoisotopic (exact) mass is 460 g/mol. The maximum atomic E-state index is 12.5. The number of amides is 1. The maximum absolute atomic E-state index is 12.5. The summed E-state index contributed by atoms with van der Waals surface area (Å²) in [5, 5.41) is 15.9. The Balaban J connectivity index is 1.38. The molecule has 0 saturated heterocycles. The number of carbonyl (C=O) groups excluding carboxylic acids is 1. The molecular formula is C26H28N4O4. The lowest BCUT2D eigenvalue weighted by Gasteiger charge is -2.30. The number of hydrogen-bond acceptors (Lipinski definition) is 6. The fourth-order valence-electron chi connectivity index (χ4n) is 3.93. The van der Waals surface area contributed by atoms with Crippen LogP contribution in [0.4, 0.5) is 17.2 Å². The molecule has 0 saturated carbocycles. The van der Waals surface area contributed by atoms with Crippen molar-refractivity contribution in [3.8, 4) is 5.75 Å². The third-order valence-corrected chi connectivity index (χ3v) is 5.60. The second kappa shape index (κ2) is 11.2. The molecule has 8 nitrogen and oxygen atoms in total. The van der Waals surface area contributed by atoms with Crippen molar-refractivity contribution in [3.63, 3.8) is 0 Å². The van der Waals surface area contributed by atoms with E-state index in [1.807, 2.05) is 66.7 Å². The number of pyridine rings is 1. The first-order valence-corrected chi connectivity index (χ1v) is 11.4. The lowest BCUT2D eigenvalue weighted by atomic mass is 10.0. The van der Waals surface area contributed by atoms with Gasteiger partial charge in [-0.25, -0.2) is 4.98 Å². The molecule has 176 valence electrons. The molecule has 4 rings (SSSR count). The first kappa shape index (κ1) is 23.1. The summed E-state index contributed by atoms with van der Waals surface area (Å²) in [6.45, 7) is 1.35. The molecule has 1 amide bonds. The fourth-order valence-corrected chi connectivity index (χ4v) is 3.93. The molecular weight excluding hydrogens is 432 g/mol. The average Bonchev–Trinajstić information content (AvgIpc) is 2.85. The topological polar surface area (TPSA) is 104 Å². The highest BCUT2D eigenvalue weighted by Gasteiger charge is 2.26. The van der Waals surface area contributed by atoms with E-state index in [1.165, 1.54) is 0 Å². The van der Waals surface area contributed by atoms with Gasteiger partial charge >= 0.3 is 5.97 Å². The molecule has 1 aromatic heterocycles. The molecule has 8 heteroatoms. The Morgan fingerprint density at radius 1 is 1.09 bits per heavy atom. The van der Waals surface area contributed by atoms with Gasteiger partial charge in [0.1, 0.15) is 11.6 Å². The van der Waals surface area contributed by atoms with Crippen molar-refractivity contribution in [3.05, 3.63) is 78.5 Å². The Kier molecular flexibility index (Phi) is 7.60. The van der Waals surface area contributed by atoms with Gasteiger partial charge in [-0.2, -0.15) is 0 Å². The Labute approximate surface area is 198 Å². The Hall–Kier alpha value is -4.07. The molecule has 0 spiro atoms. The van der Waals surface area contributed by atoms with Crippen LogP contribution in [0.15, 0.2) is 72.9 Å². The largest absolute Gasteiger partial charge is 0.481 e. The van der Waals surface area contributed by atoms with Gasteiger partial charge in [0, 0.05) is 31.0 Å². The molecule has 1 aliphatic rings. The maximum Gasteiger partial charge on any atom is 0.305 e. The van der Waals surface area contributed by atoms with Crippen LogP contribution in [0.3, 0.4) is 0 Å². The van der Waals surface area contributed by atoms with Gasteiger partial charge in [-0.1, -0.05) is 36.4 Å². The van der Waals surface area contributed by atoms with E-state index in [0.717, 1.165) is 42.1 Å². The van der Waals surface area contributed by atoms with E-state index >= 15 is 0 Å². The number of nitrogens with one attached hydrogen (secondary N) is 2. The van der Waals surface area contributed by atoms with Gasteiger partial charge in [-0.05, 0) is 42.7 Å². The standard InChI is InChI=1S/C26H28N4O4/c31-25-18-34-23-16-20(29-21(17-26(32)33)19-8-2-1-3-9-19)11-12-22(23)30(25)15-7-6-14-28-24-10-4-5-13-27-24/h1-5,8-13,16,21,29H,6-7,14-15,17-18H2,(H,27,28)(H,32,33). The number of ether oxygens (including phenoxy) is 1. The van der Waals surface area contributed by atoms with E-state index in [9.17, 15) is 14.7 Å². The highest BCUT2D eigenvalue weighted by molar-refractivity contribution is 5.98. The van der Waals surface area contributed by atoms with E-state index in [2.05, 4.69) is 15.6 Å². The van der Waals surface area contributed by atoms with Crippen molar-refractivity contribution in [2.24, 2.45) is 0 Å². The summed E-state index contributed by atoms with van der Waals surface area (Å²) in [4.78, 5) is 29.9. The number of aromatic nitrogens is 1. The van der Waals surface area contributed by atoms with Crippen LogP contribution in [0, 0.1) is 0 Å². The highest BCUT2D eigenvalue weighted by Crippen LogP contribution is 2.36. The fraction of sp³-hybridized carbons (Fsp3) is 0.269. The zero-order valence-electron chi connectivity index (χ0n) is 18.8. The number of anilines is 3. The van der Waals surface area contributed by atoms with Crippen molar-refractivity contribution in [1.29, 1.82) is 0 Å². The number of carboxylic acid groups (broad SMARTS) is 1. The predicted octanol–water partition coefficient (Wildman–Crippen LogP) is 4.33.